The summed E-state index contributed by atoms with van der Waals surface area (Å²) in [5.41, 5.74) is -0.692. The van der Waals surface area contributed by atoms with Crippen LogP contribution in [0.25, 0.3) is 0 Å². The van der Waals surface area contributed by atoms with Gasteiger partial charge in [-0.25, -0.2) is 4.79 Å². The summed E-state index contributed by atoms with van der Waals surface area (Å²) in [5, 5.41) is 0. The molecule has 7 heteroatoms. The highest BCUT2D eigenvalue weighted by Gasteiger charge is 2.37. The van der Waals surface area contributed by atoms with Crippen LogP contribution in [-0.2, 0) is 14.3 Å². The van der Waals surface area contributed by atoms with E-state index in [1.165, 1.54) is 6.92 Å². The molecule has 0 aliphatic carbocycles. The van der Waals surface area contributed by atoms with Crippen molar-refractivity contribution in [3.05, 3.63) is 0 Å². The molecule has 0 amide bonds. The number of alkyl halides is 3. The molecule has 4 nitrogen and oxygen atoms in total. The van der Waals surface area contributed by atoms with Crippen molar-refractivity contribution in [2.24, 2.45) is 4.99 Å². The Kier molecular flexibility index (Phi) is 5.51. The molecule has 0 aromatic rings. The molecule has 0 saturated heterocycles. The van der Waals surface area contributed by atoms with E-state index >= 15 is 0 Å². The van der Waals surface area contributed by atoms with Gasteiger partial charge in [0.1, 0.15) is 11.6 Å². The van der Waals surface area contributed by atoms with E-state index < -0.39 is 36.0 Å². The molecule has 18 heavy (non-hydrogen) atoms. The number of rotatable bonds is 4. The third-order valence-electron chi connectivity index (χ3n) is 1.67. The molecule has 1 atom stereocenters. The molecule has 0 aliphatic rings. The van der Waals surface area contributed by atoms with Crippen molar-refractivity contribution in [2.75, 3.05) is 0 Å². The van der Waals surface area contributed by atoms with Crippen LogP contribution in [0.2, 0.25) is 0 Å². The summed E-state index contributed by atoms with van der Waals surface area (Å²) in [6, 6.07) is -0.940. The topological polar surface area (TPSA) is 55.7 Å². The summed E-state index contributed by atoms with van der Waals surface area (Å²) in [6.07, 6.45) is -4.97. The number of carbonyl (C=O) groups is 2. The van der Waals surface area contributed by atoms with Gasteiger partial charge in [-0.2, -0.15) is 13.2 Å². The van der Waals surface area contributed by atoms with Gasteiger partial charge < -0.3 is 4.74 Å². The number of halogens is 3. The Morgan fingerprint density at radius 1 is 1.28 bits per heavy atom. The monoisotopic (exact) mass is 267 g/mol. The molecule has 0 bridgehead atoms. The number of nitrogens with zero attached hydrogens (tertiary/aromatic N) is 1. The highest BCUT2D eigenvalue weighted by atomic mass is 19.4. The minimum atomic E-state index is -4.87. The van der Waals surface area contributed by atoms with E-state index in [9.17, 15) is 22.8 Å². The molecule has 0 radical (unpaired) electrons. The number of ether oxygens (including phenoxy) is 1. The molecule has 0 aromatic heterocycles. The third kappa shape index (κ3) is 7.03. The minimum absolute atomic E-state index is 0.654. The number of ketones is 1. The summed E-state index contributed by atoms with van der Waals surface area (Å²) in [6.45, 7) is 6.36. The van der Waals surface area contributed by atoms with Crippen LogP contribution >= 0.6 is 0 Å². The number of aliphatic imine (C=N–C) groups is 1. The molecule has 0 heterocycles. The summed E-state index contributed by atoms with van der Waals surface area (Å²) in [7, 11) is 0. The van der Waals surface area contributed by atoms with Crippen molar-refractivity contribution in [3.8, 4) is 0 Å². The molecular weight excluding hydrogens is 251 g/mol. The lowest BCUT2D eigenvalue weighted by Crippen LogP contribution is -2.29. The maximum Gasteiger partial charge on any atom is 0.450 e. The van der Waals surface area contributed by atoms with Gasteiger partial charge in [-0.1, -0.05) is 0 Å². The van der Waals surface area contributed by atoms with E-state index in [2.05, 4.69) is 4.99 Å². The number of carbonyl (C=O) groups excluding carboxylic acids is 2. The smallest absolute Gasteiger partial charge is 0.450 e. The minimum Gasteiger partial charge on any atom is -0.458 e. The molecule has 0 aliphatic heterocycles. The molecule has 0 saturated carbocycles. The van der Waals surface area contributed by atoms with Gasteiger partial charge in [0.05, 0.1) is 6.42 Å². The van der Waals surface area contributed by atoms with Crippen LogP contribution in [0.4, 0.5) is 13.2 Å². The zero-order valence-corrected chi connectivity index (χ0v) is 10.7. The summed E-state index contributed by atoms with van der Waals surface area (Å²) < 4.78 is 40.5. The van der Waals surface area contributed by atoms with E-state index in [4.69, 9.17) is 4.74 Å². The van der Waals surface area contributed by atoms with Crippen molar-refractivity contribution >= 4 is 18.0 Å². The Morgan fingerprint density at radius 2 is 1.78 bits per heavy atom. The number of hydrogen-bond acceptors (Lipinski definition) is 4. The Bertz CT molecular complexity index is 342. The van der Waals surface area contributed by atoms with Gasteiger partial charge in [0.2, 0.25) is 5.78 Å². The Labute approximate surface area is 103 Å². The van der Waals surface area contributed by atoms with Crippen LogP contribution < -0.4 is 0 Å². The highest BCUT2D eigenvalue weighted by molar-refractivity contribution is 5.95. The average Bonchev–Trinajstić information content (AvgIpc) is 2.12. The van der Waals surface area contributed by atoms with Crippen LogP contribution in [0.5, 0.6) is 0 Å². The predicted octanol–water partition coefficient (Wildman–Crippen LogP) is 2.31. The first-order valence-electron chi connectivity index (χ1n) is 5.28. The van der Waals surface area contributed by atoms with E-state index in [-0.39, 0.29) is 0 Å². The SMILES string of the molecule is C[C@@H](N=CCC(=O)C(F)(F)F)C(=O)OC(C)(C)C. The number of hydrogen-bond donors (Lipinski definition) is 0. The van der Waals surface area contributed by atoms with E-state index in [1.807, 2.05) is 0 Å². The first-order chi connectivity index (χ1) is 7.93. The first-order valence-corrected chi connectivity index (χ1v) is 5.28. The zero-order chi connectivity index (χ0) is 14.6. The lowest BCUT2D eigenvalue weighted by molar-refractivity contribution is -0.169. The Hall–Kier alpha value is -1.40. The second-order valence-electron chi connectivity index (χ2n) is 4.67. The summed E-state index contributed by atoms with van der Waals surface area (Å²) in [5.74, 6) is -2.55. The zero-order valence-electron chi connectivity index (χ0n) is 10.7. The van der Waals surface area contributed by atoms with Crippen molar-refractivity contribution in [2.45, 2.75) is 51.9 Å². The van der Waals surface area contributed by atoms with Crippen LogP contribution in [0, 0.1) is 0 Å². The third-order valence-corrected chi connectivity index (χ3v) is 1.67. The molecule has 0 spiro atoms. The largest absolute Gasteiger partial charge is 0.458 e. The number of Topliss-reactive ketones (excluding diaryl/α,β-unsaturated/α-hetero) is 1. The molecule has 0 rings (SSSR count). The van der Waals surface area contributed by atoms with Crippen molar-refractivity contribution < 1.29 is 27.5 Å². The van der Waals surface area contributed by atoms with E-state index in [1.54, 1.807) is 20.8 Å². The van der Waals surface area contributed by atoms with E-state index in [0.717, 1.165) is 6.21 Å². The van der Waals surface area contributed by atoms with Gasteiger partial charge in [0.15, 0.2) is 0 Å². The highest BCUT2D eigenvalue weighted by Crippen LogP contribution is 2.17. The van der Waals surface area contributed by atoms with Gasteiger partial charge in [-0.15, -0.1) is 0 Å². The van der Waals surface area contributed by atoms with Crippen LogP contribution in [0.15, 0.2) is 4.99 Å². The molecule has 0 N–H and O–H groups in total. The Balaban J connectivity index is 4.29. The first kappa shape index (κ1) is 16.6. The quantitative estimate of drug-likeness (QED) is 0.580. The Morgan fingerprint density at radius 3 is 2.17 bits per heavy atom. The lowest BCUT2D eigenvalue weighted by Gasteiger charge is -2.20. The normalized spacial score (nSPS) is 14.6. The fraction of sp³-hybridized carbons (Fsp3) is 0.727. The fourth-order valence-corrected chi connectivity index (χ4v) is 0.857. The van der Waals surface area contributed by atoms with Gasteiger partial charge in [-0.05, 0) is 27.7 Å². The van der Waals surface area contributed by atoms with Crippen LogP contribution in [-0.4, -0.2) is 35.8 Å². The maximum atomic E-state index is 11.9. The predicted molar refractivity (Wildman–Crippen MR) is 59.5 cm³/mol. The standard InChI is InChI=1S/C11H16F3NO3/c1-7(9(17)18-10(2,3)4)15-6-5-8(16)11(12,13)14/h6-7H,5H2,1-4H3/t7-/m1/s1. The van der Waals surface area contributed by atoms with Crippen LogP contribution in [0.1, 0.15) is 34.1 Å². The maximum absolute atomic E-state index is 11.9. The molecule has 0 fully saturated rings. The van der Waals surface area contributed by atoms with Crippen molar-refractivity contribution in [1.29, 1.82) is 0 Å². The van der Waals surface area contributed by atoms with E-state index in [0.29, 0.717) is 0 Å². The molecular formula is C11H16F3NO3. The lowest BCUT2D eigenvalue weighted by atomic mass is 10.2. The fourth-order valence-electron chi connectivity index (χ4n) is 0.857. The second-order valence-corrected chi connectivity index (χ2v) is 4.67. The van der Waals surface area contributed by atoms with Crippen molar-refractivity contribution in [3.63, 3.8) is 0 Å². The molecule has 104 valence electrons. The summed E-state index contributed by atoms with van der Waals surface area (Å²) in [4.78, 5) is 25.4. The van der Waals surface area contributed by atoms with Gasteiger partial charge in [0, 0.05) is 6.21 Å². The average molecular weight is 267 g/mol. The van der Waals surface area contributed by atoms with Crippen molar-refractivity contribution in [1.82, 2.24) is 0 Å². The number of esters is 1. The second kappa shape index (κ2) is 5.97. The van der Waals surface area contributed by atoms with Gasteiger partial charge in [0.25, 0.3) is 0 Å². The molecule has 0 unspecified atom stereocenters. The van der Waals surface area contributed by atoms with Crippen LogP contribution in [0.3, 0.4) is 0 Å². The van der Waals surface area contributed by atoms with Gasteiger partial charge >= 0.3 is 12.1 Å². The molecule has 0 aromatic carbocycles. The summed E-state index contributed by atoms with van der Waals surface area (Å²) >= 11 is 0. The van der Waals surface area contributed by atoms with Gasteiger partial charge in [-0.3, -0.25) is 9.79 Å².